The van der Waals surface area contributed by atoms with Gasteiger partial charge in [-0.3, -0.25) is 9.69 Å². The molecule has 0 spiro atoms. The Morgan fingerprint density at radius 3 is 2.53 bits per heavy atom. The van der Waals surface area contributed by atoms with Crippen molar-refractivity contribution < 1.29 is 9.90 Å². The third-order valence-corrected chi connectivity index (χ3v) is 4.05. The van der Waals surface area contributed by atoms with Crippen LogP contribution >= 0.6 is 0 Å². The molecule has 3 rings (SSSR count). The van der Waals surface area contributed by atoms with Crippen LogP contribution in [0.25, 0.3) is 0 Å². The largest absolute Gasteiger partial charge is 0.507 e. The van der Waals surface area contributed by atoms with Crippen LogP contribution in [0.4, 0.5) is 0 Å². The maximum absolute atomic E-state index is 12.4. The maximum Gasteiger partial charge on any atom is 0.257 e. The summed E-state index contributed by atoms with van der Waals surface area (Å²) >= 11 is 0. The summed E-state index contributed by atoms with van der Waals surface area (Å²) in [6.07, 6.45) is 2.62. The first-order chi connectivity index (χ1) is 9.15. The molecule has 0 radical (unpaired) electrons. The number of benzene rings is 1. The van der Waals surface area contributed by atoms with Gasteiger partial charge in [-0.05, 0) is 31.9 Å². The SMILES string of the molecule is Cc1ccc(O)c(C(=O)N2CCN(C3CC3)CC2)c1. The second-order valence-electron chi connectivity index (χ2n) is 5.58. The fourth-order valence-corrected chi connectivity index (χ4v) is 2.72. The van der Waals surface area contributed by atoms with Crippen molar-refractivity contribution in [2.45, 2.75) is 25.8 Å². The smallest absolute Gasteiger partial charge is 0.257 e. The summed E-state index contributed by atoms with van der Waals surface area (Å²) in [5, 5.41) is 9.83. The van der Waals surface area contributed by atoms with E-state index in [1.54, 1.807) is 12.1 Å². The number of aromatic hydroxyl groups is 1. The fourth-order valence-electron chi connectivity index (χ4n) is 2.72. The average molecular weight is 260 g/mol. The average Bonchev–Trinajstić information content (AvgIpc) is 3.25. The molecule has 0 unspecified atom stereocenters. The van der Waals surface area contributed by atoms with E-state index in [2.05, 4.69) is 4.90 Å². The minimum atomic E-state index is -0.0448. The monoisotopic (exact) mass is 260 g/mol. The molecule has 2 aliphatic rings. The lowest BCUT2D eigenvalue weighted by atomic mass is 10.1. The van der Waals surface area contributed by atoms with E-state index in [4.69, 9.17) is 0 Å². The van der Waals surface area contributed by atoms with Gasteiger partial charge in [0, 0.05) is 32.2 Å². The lowest BCUT2D eigenvalue weighted by Gasteiger charge is -2.35. The molecule has 1 saturated heterocycles. The van der Waals surface area contributed by atoms with Gasteiger partial charge in [-0.1, -0.05) is 11.6 Å². The van der Waals surface area contributed by atoms with Crippen LogP contribution in [0.5, 0.6) is 5.75 Å². The van der Waals surface area contributed by atoms with E-state index in [0.717, 1.165) is 37.8 Å². The molecular formula is C15H20N2O2. The van der Waals surface area contributed by atoms with E-state index in [0.29, 0.717) is 5.56 Å². The van der Waals surface area contributed by atoms with Crippen LogP contribution < -0.4 is 0 Å². The van der Waals surface area contributed by atoms with Gasteiger partial charge in [0.2, 0.25) is 0 Å². The third-order valence-electron chi connectivity index (χ3n) is 4.05. The molecular weight excluding hydrogens is 240 g/mol. The molecule has 0 aromatic heterocycles. The van der Waals surface area contributed by atoms with Gasteiger partial charge in [0.15, 0.2) is 0 Å². The van der Waals surface area contributed by atoms with Gasteiger partial charge in [-0.15, -0.1) is 0 Å². The Kier molecular flexibility index (Phi) is 3.19. The highest BCUT2D eigenvalue weighted by atomic mass is 16.3. The van der Waals surface area contributed by atoms with E-state index in [9.17, 15) is 9.90 Å². The number of carbonyl (C=O) groups is 1. The Morgan fingerprint density at radius 1 is 1.21 bits per heavy atom. The van der Waals surface area contributed by atoms with Crippen molar-refractivity contribution in [1.82, 2.24) is 9.80 Å². The van der Waals surface area contributed by atoms with Crippen molar-refractivity contribution in [3.8, 4) is 5.75 Å². The van der Waals surface area contributed by atoms with Crippen LogP contribution in [-0.4, -0.2) is 53.0 Å². The van der Waals surface area contributed by atoms with Gasteiger partial charge in [0.1, 0.15) is 5.75 Å². The van der Waals surface area contributed by atoms with Crippen molar-refractivity contribution in [1.29, 1.82) is 0 Å². The van der Waals surface area contributed by atoms with E-state index in [1.165, 1.54) is 12.8 Å². The molecule has 1 saturated carbocycles. The summed E-state index contributed by atoms with van der Waals surface area (Å²) in [6.45, 7) is 5.39. The summed E-state index contributed by atoms with van der Waals surface area (Å²) in [4.78, 5) is 16.7. The zero-order valence-electron chi connectivity index (χ0n) is 11.3. The minimum Gasteiger partial charge on any atom is -0.507 e. The highest BCUT2D eigenvalue weighted by Gasteiger charge is 2.32. The first kappa shape index (κ1) is 12.5. The van der Waals surface area contributed by atoms with Crippen molar-refractivity contribution in [3.05, 3.63) is 29.3 Å². The summed E-state index contributed by atoms with van der Waals surface area (Å²) in [5.41, 5.74) is 1.43. The predicted molar refractivity (Wildman–Crippen MR) is 73.3 cm³/mol. The molecule has 4 nitrogen and oxygen atoms in total. The molecule has 2 fully saturated rings. The number of amides is 1. The lowest BCUT2D eigenvalue weighted by Crippen LogP contribution is -2.49. The Labute approximate surface area is 113 Å². The summed E-state index contributed by atoms with van der Waals surface area (Å²) < 4.78 is 0. The van der Waals surface area contributed by atoms with Crippen molar-refractivity contribution >= 4 is 5.91 Å². The van der Waals surface area contributed by atoms with Crippen LogP contribution in [0.2, 0.25) is 0 Å². The predicted octanol–water partition coefficient (Wildman–Crippen LogP) is 1.62. The highest BCUT2D eigenvalue weighted by molar-refractivity contribution is 5.97. The summed E-state index contributed by atoms with van der Waals surface area (Å²) in [5.74, 6) is 0.0388. The van der Waals surface area contributed by atoms with Crippen LogP contribution in [-0.2, 0) is 0 Å². The number of carbonyl (C=O) groups excluding carboxylic acids is 1. The van der Waals surface area contributed by atoms with E-state index < -0.39 is 0 Å². The molecule has 19 heavy (non-hydrogen) atoms. The quantitative estimate of drug-likeness (QED) is 0.879. The Hall–Kier alpha value is -1.55. The number of nitrogens with zero attached hydrogens (tertiary/aromatic N) is 2. The topological polar surface area (TPSA) is 43.8 Å². The number of hydrogen-bond donors (Lipinski definition) is 1. The maximum atomic E-state index is 12.4. The standard InChI is InChI=1S/C15H20N2O2/c1-11-2-5-14(18)13(10-11)15(19)17-8-6-16(7-9-17)12-3-4-12/h2,5,10,12,18H,3-4,6-9H2,1H3. The van der Waals surface area contributed by atoms with E-state index >= 15 is 0 Å². The number of rotatable bonds is 2. The van der Waals surface area contributed by atoms with Crippen molar-refractivity contribution in [2.75, 3.05) is 26.2 Å². The first-order valence-corrected chi connectivity index (χ1v) is 6.98. The molecule has 1 aliphatic heterocycles. The van der Waals surface area contributed by atoms with Crippen LogP contribution in [0.15, 0.2) is 18.2 Å². The normalized spacial score (nSPS) is 20.6. The molecule has 1 aromatic rings. The van der Waals surface area contributed by atoms with Gasteiger partial charge in [0.05, 0.1) is 5.56 Å². The number of phenolic OH excluding ortho intramolecular Hbond substituents is 1. The molecule has 102 valence electrons. The van der Waals surface area contributed by atoms with Gasteiger partial charge < -0.3 is 10.0 Å². The molecule has 1 heterocycles. The van der Waals surface area contributed by atoms with Crippen molar-refractivity contribution in [3.63, 3.8) is 0 Å². The van der Waals surface area contributed by atoms with Gasteiger partial charge in [0.25, 0.3) is 5.91 Å². The van der Waals surface area contributed by atoms with Crippen molar-refractivity contribution in [2.24, 2.45) is 0 Å². The zero-order chi connectivity index (χ0) is 13.4. The minimum absolute atomic E-state index is 0.0448. The van der Waals surface area contributed by atoms with Gasteiger partial charge in [-0.2, -0.15) is 0 Å². The molecule has 0 atom stereocenters. The molecule has 1 aliphatic carbocycles. The Bertz CT molecular complexity index is 489. The number of piperazine rings is 1. The van der Waals surface area contributed by atoms with E-state index in [-0.39, 0.29) is 11.7 Å². The van der Waals surface area contributed by atoms with Crippen LogP contribution in [0.1, 0.15) is 28.8 Å². The molecule has 0 bridgehead atoms. The number of aryl methyl sites for hydroxylation is 1. The van der Waals surface area contributed by atoms with E-state index in [1.807, 2.05) is 17.9 Å². The molecule has 1 aromatic carbocycles. The fraction of sp³-hybridized carbons (Fsp3) is 0.533. The van der Waals surface area contributed by atoms with Crippen LogP contribution in [0.3, 0.4) is 0 Å². The number of phenols is 1. The zero-order valence-corrected chi connectivity index (χ0v) is 11.3. The lowest BCUT2D eigenvalue weighted by molar-refractivity contribution is 0.0624. The Balaban J connectivity index is 1.68. The third kappa shape index (κ3) is 2.59. The summed E-state index contributed by atoms with van der Waals surface area (Å²) in [7, 11) is 0. The highest BCUT2D eigenvalue weighted by Crippen LogP contribution is 2.28. The first-order valence-electron chi connectivity index (χ1n) is 6.98. The summed E-state index contributed by atoms with van der Waals surface area (Å²) in [6, 6.07) is 5.95. The van der Waals surface area contributed by atoms with Gasteiger partial charge in [-0.25, -0.2) is 0 Å². The Morgan fingerprint density at radius 2 is 1.89 bits per heavy atom. The molecule has 4 heteroatoms. The van der Waals surface area contributed by atoms with Gasteiger partial charge >= 0.3 is 0 Å². The molecule has 1 N–H and O–H groups in total. The second kappa shape index (κ2) is 4.85. The second-order valence-corrected chi connectivity index (χ2v) is 5.58. The molecule has 1 amide bonds. The van der Waals surface area contributed by atoms with Crippen LogP contribution in [0, 0.1) is 6.92 Å². The number of hydrogen-bond acceptors (Lipinski definition) is 3.